The van der Waals surface area contributed by atoms with Crippen LogP contribution in [0, 0.1) is 11.7 Å². The topological polar surface area (TPSA) is 86.6 Å². The molecule has 1 aromatic rings. The summed E-state index contributed by atoms with van der Waals surface area (Å²) >= 11 is 0. The zero-order valence-corrected chi connectivity index (χ0v) is 9.98. The van der Waals surface area contributed by atoms with Crippen LogP contribution in [0.15, 0.2) is 18.2 Å². The number of hydrogen-bond acceptors (Lipinski definition) is 3. The highest BCUT2D eigenvalue weighted by atomic mass is 19.1. The predicted molar refractivity (Wildman–Crippen MR) is 61.8 cm³/mol. The van der Waals surface area contributed by atoms with Crippen molar-refractivity contribution in [1.82, 2.24) is 5.32 Å². The molecule has 0 aliphatic heterocycles. The van der Waals surface area contributed by atoms with Gasteiger partial charge in [0.2, 0.25) is 0 Å². The molecule has 1 atom stereocenters. The van der Waals surface area contributed by atoms with Crippen molar-refractivity contribution < 1.29 is 24.2 Å². The Bertz CT molecular complexity index is 453. The molecule has 0 fully saturated rings. The summed E-state index contributed by atoms with van der Waals surface area (Å²) in [5.74, 6) is -3.96. The fourth-order valence-electron chi connectivity index (χ4n) is 1.46. The molecule has 0 spiro atoms. The van der Waals surface area contributed by atoms with Gasteiger partial charge in [0, 0.05) is 0 Å². The first-order valence-corrected chi connectivity index (χ1v) is 5.35. The second kappa shape index (κ2) is 5.48. The zero-order chi connectivity index (χ0) is 13.9. The average molecular weight is 255 g/mol. The van der Waals surface area contributed by atoms with Crippen LogP contribution in [0.25, 0.3) is 0 Å². The number of rotatable bonds is 4. The van der Waals surface area contributed by atoms with Gasteiger partial charge in [-0.05, 0) is 18.1 Å². The molecule has 0 radical (unpaired) electrons. The lowest BCUT2D eigenvalue weighted by molar-refractivity contribution is -0.140. The van der Waals surface area contributed by atoms with Gasteiger partial charge in [-0.2, -0.15) is 0 Å². The largest absolute Gasteiger partial charge is 0.507 e. The van der Waals surface area contributed by atoms with Crippen LogP contribution in [-0.2, 0) is 4.79 Å². The number of amides is 1. The molecule has 0 aromatic heterocycles. The van der Waals surface area contributed by atoms with Crippen LogP contribution in [0.4, 0.5) is 4.39 Å². The van der Waals surface area contributed by atoms with Crippen LogP contribution in [0.1, 0.15) is 24.2 Å². The summed E-state index contributed by atoms with van der Waals surface area (Å²) < 4.78 is 13.4. The average Bonchev–Trinajstić information content (AvgIpc) is 2.24. The summed E-state index contributed by atoms with van der Waals surface area (Å²) in [6.07, 6.45) is 0. The normalized spacial score (nSPS) is 12.2. The highest BCUT2D eigenvalue weighted by Gasteiger charge is 2.26. The third kappa shape index (κ3) is 2.97. The molecule has 0 aliphatic carbocycles. The van der Waals surface area contributed by atoms with Gasteiger partial charge in [-0.1, -0.05) is 19.9 Å². The predicted octanol–water partition coefficient (Wildman–Crippen LogP) is 1.37. The number of benzene rings is 1. The number of nitrogens with one attached hydrogen (secondary N) is 1. The minimum atomic E-state index is -1.21. The van der Waals surface area contributed by atoms with Gasteiger partial charge < -0.3 is 15.5 Å². The van der Waals surface area contributed by atoms with Gasteiger partial charge in [-0.3, -0.25) is 4.79 Å². The fraction of sp³-hybridized carbons (Fsp3) is 0.333. The van der Waals surface area contributed by atoms with Gasteiger partial charge in [-0.25, -0.2) is 9.18 Å². The van der Waals surface area contributed by atoms with E-state index in [2.05, 4.69) is 5.32 Å². The zero-order valence-electron chi connectivity index (χ0n) is 9.98. The summed E-state index contributed by atoms with van der Waals surface area (Å²) in [5, 5.41) is 20.5. The number of aliphatic carboxylic acids is 1. The van der Waals surface area contributed by atoms with Crippen LogP contribution in [0.5, 0.6) is 5.75 Å². The Kier molecular flexibility index (Phi) is 4.25. The van der Waals surface area contributed by atoms with Gasteiger partial charge >= 0.3 is 5.97 Å². The monoisotopic (exact) mass is 255 g/mol. The van der Waals surface area contributed by atoms with Gasteiger partial charge in [0.25, 0.3) is 5.91 Å². The highest BCUT2D eigenvalue weighted by molar-refractivity contribution is 5.99. The van der Waals surface area contributed by atoms with Gasteiger partial charge in [-0.15, -0.1) is 0 Å². The smallest absolute Gasteiger partial charge is 0.326 e. The number of aromatic hydroxyl groups is 1. The van der Waals surface area contributed by atoms with E-state index in [-0.39, 0.29) is 5.92 Å². The number of carboxylic acid groups (broad SMARTS) is 1. The molecule has 0 aliphatic rings. The first kappa shape index (κ1) is 14.0. The Hall–Kier alpha value is -2.11. The summed E-state index contributed by atoms with van der Waals surface area (Å²) in [7, 11) is 0. The first-order chi connectivity index (χ1) is 8.34. The van der Waals surface area contributed by atoms with Crippen molar-refractivity contribution in [2.24, 2.45) is 5.92 Å². The Labute approximate surface area is 103 Å². The quantitative estimate of drug-likeness (QED) is 0.758. The van der Waals surface area contributed by atoms with Crippen molar-refractivity contribution in [3.8, 4) is 5.75 Å². The van der Waals surface area contributed by atoms with Gasteiger partial charge in [0.05, 0.1) is 0 Å². The number of carbonyl (C=O) groups is 2. The maximum atomic E-state index is 13.4. The van der Waals surface area contributed by atoms with Crippen molar-refractivity contribution in [2.75, 3.05) is 0 Å². The minimum Gasteiger partial charge on any atom is -0.507 e. The molecule has 6 heteroatoms. The second-order valence-electron chi connectivity index (χ2n) is 4.17. The molecule has 1 amide bonds. The third-order valence-corrected chi connectivity index (χ3v) is 2.44. The van der Waals surface area contributed by atoms with E-state index in [4.69, 9.17) is 5.11 Å². The maximum absolute atomic E-state index is 13.4. The minimum absolute atomic E-state index is 0.361. The number of phenols is 1. The molecule has 5 nitrogen and oxygen atoms in total. The second-order valence-corrected chi connectivity index (χ2v) is 4.17. The standard InChI is InChI=1S/C12H14FNO4/c1-6(2)10(12(17)18)14-11(16)9-7(13)4-3-5-8(9)15/h3-6,10,15H,1-2H3,(H,14,16)(H,17,18)/t10-/m1/s1. The van der Waals surface area contributed by atoms with E-state index in [9.17, 15) is 19.1 Å². The Morgan fingerprint density at radius 2 is 1.94 bits per heavy atom. The van der Waals surface area contributed by atoms with Crippen molar-refractivity contribution in [3.63, 3.8) is 0 Å². The number of hydrogen-bond donors (Lipinski definition) is 3. The van der Waals surface area contributed by atoms with Crippen LogP contribution in [0.3, 0.4) is 0 Å². The van der Waals surface area contributed by atoms with E-state index >= 15 is 0 Å². The lowest BCUT2D eigenvalue weighted by Gasteiger charge is -2.18. The SMILES string of the molecule is CC(C)[C@@H](NC(=O)c1c(O)cccc1F)C(=O)O. The fourth-order valence-corrected chi connectivity index (χ4v) is 1.46. The lowest BCUT2D eigenvalue weighted by atomic mass is 10.0. The van der Waals surface area contributed by atoms with Crippen LogP contribution < -0.4 is 5.32 Å². The number of carboxylic acids is 1. The maximum Gasteiger partial charge on any atom is 0.326 e. The van der Waals surface area contributed by atoms with Crippen LogP contribution in [0.2, 0.25) is 0 Å². The Morgan fingerprint density at radius 3 is 2.39 bits per heavy atom. The Morgan fingerprint density at radius 1 is 1.33 bits per heavy atom. The lowest BCUT2D eigenvalue weighted by Crippen LogP contribution is -2.44. The van der Waals surface area contributed by atoms with Crippen molar-refractivity contribution >= 4 is 11.9 Å². The Balaban J connectivity index is 2.98. The van der Waals surface area contributed by atoms with Crippen molar-refractivity contribution in [3.05, 3.63) is 29.6 Å². The summed E-state index contributed by atoms with van der Waals surface area (Å²) in [6.45, 7) is 3.22. The van der Waals surface area contributed by atoms with E-state index in [1.165, 1.54) is 6.07 Å². The van der Waals surface area contributed by atoms with E-state index in [0.717, 1.165) is 12.1 Å². The summed E-state index contributed by atoms with van der Waals surface area (Å²) in [5.41, 5.74) is -0.551. The third-order valence-electron chi connectivity index (χ3n) is 2.44. The van der Waals surface area contributed by atoms with E-state index in [0.29, 0.717) is 0 Å². The summed E-state index contributed by atoms with van der Waals surface area (Å²) in [6, 6.07) is 2.28. The van der Waals surface area contributed by atoms with Crippen LogP contribution >= 0.6 is 0 Å². The molecule has 0 unspecified atom stereocenters. The molecule has 1 aromatic carbocycles. The molecular formula is C12H14FNO4. The van der Waals surface area contributed by atoms with Gasteiger partial charge in [0.1, 0.15) is 23.2 Å². The highest BCUT2D eigenvalue weighted by Crippen LogP contribution is 2.20. The van der Waals surface area contributed by atoms with Crippen LogP contribution in [-0.4, -0.2) is 28.1 Å². The molecule has 98 valence electrons. The van der Waals surface area contributed by atoms with E-state index in [1.807, 2.05) is 0 Å². The van der Waals surface area contributed by atoms with Crippen molar-refractivity contribution in [2.45, 2.75) is 19.9 Å². The first-order valence-electron chi connectivity index (χ1n) is 5.35. The summed E-state index contributed by atoms with van der Waals surface area (Å²) in [4.78, 5) is 22.6. The molecule has 0 saturated carbocycles. The number of halogens is 1. The van der Waals surface area contributed by atoms with E-state index < -0.39 is 35.0 Å². The molecule has 0 saturated heterocycles. The molecule has 18 heavy (non-hydrogen) atoms. The van der Waals surface area contributed by atoms with Crippen molar-refractivity contribution in [1.29, 1.82) is 0 Å². The molecule has 1 rings (SSSR count). The number of carbonyl (C=O) groups excluding carboxylic acids is 1. The van der Waals surface area contributed by atoms with Gasteiger partial charge in [0.15, 0.2) is 0 Å². The molecular weight excluding hydrogens is 241 g/mol. The van der Waals surface area contributed by atoms with E-state index in [1.54, 1.807) is 13.8 Å². The molecule has 0 heterocycles. The molecule has 0 bridgehead atoms. The number of phenolic OH excluding ortho intramolecular Hbond substituents is 1. The molecule has 3 N–H and O–H groups in total.